The molecule has 0 unspecified atom stereocenters. The Morgan fingerprint density at radius 3 is 2.67 bits per heavy atom. The van der Waals surface area contributed by atoms with E-state index in [-0.39, 0.29) is 0 Å². The lowest BCUT2D eigenvalue weighted by atomic mass is 10.00. The standard InChI is InChI=1S/C16H12Br2N2O/c1-9-5-6-13(18)12(7-9)15-14(16(19)21-20-15)10-3-2-4-11(17)8-10/h2-8H,19H2,1H3. The monoisotopic (exact) mass is 406 g/mol. The summed E-state index contributed by atoms with van der Waals surface area (Å²) in [5.74, 6) is 0.316. The van der Waals surface area contributed by atoms with E-state index in [1.165, 1.54) is 0 Å². The molecule has 0 saturated heterocycles. The number of nitrogens with two attached hydrogens (primary N) is 1. The van der Waals surface area contributed by atoms with Gasteiger partial charge in [0.15, 0.2) is 0 Å². The van der Waals surface area contributed by atoms with Gasteiger partial charge in [0.1, 0.15) is 5.69 Å². The van der Waals surface area contributed by atoms with Gasteiger partial charge >= 0.3 is 0 Å². The zero-order chi connectivity index (χ0) is 15.0. The second kappa shape index (κ2) is 5.66. The Hall–Kier alpha value is -1.59. The minimum atomic E-state index is 0.316. The molecule has 2 aromatic carbocycles. The Kier molecular flexibility index (Phi) is 3.87. The molecule has 0 amide bonds. The molecule has 0 radical (unpaired) electrons. The van der Waals surface area contributed by atoms with Crippen LogP contribution in [0, 0.1) is 6.92 Å². The van der Waals surface area contributed by atoms with Crippen LogP contribution < -0.4 is 5.73 Å². The van der Waals surface area contributed by atoms with Crippen molar-refractivity contribution in [3.8, 4) is 22.4 Å². The van der Waals surface area contributed by atoms with Crippen molar-refractivity contribution in [1.82, 2.24) is 5.16 Å². The van der Waals surface area contributed by atoms with Gasteiger partial charge in [0.25, 0.3) is 0 Å². The molecule has 106 valence electrons. The lowest BCUT2D eigenvalue weighted by Crippen LogP contribution is -1.89. The Morgan fingerprint density at radius 1 is 1.10 bits per heavy atom. The van der Waals surface area contributed by atoms with Crippen molar-refractivity contribution in [3.05, 3.63) is 57.0 Å². The maximum absolute atomic E-state index is 5.99. The van der Waals surface area contributed by atoms with Crippen LogP contribution in [0.5, 0.6) is 0 Å². The number of rotatable bonds is 2. The fourth-order valence-corrected chi connectivity index (χ4v) is 3.06. The Morgan fingerprint density at radius 2 is 1.90 bits per heavy atom. The first kappa shape index (κ1) is 14.4. The summed E-state index contributed by atoms with van der Waals surface area (Å²) in [5, 5.41) is 4.15. The third kappa shape index (κ3) is 2.76. The Labute approximate surface area is 139 Å². The van der Waals surface area contributed by atoms with Crippen LogP contribution in [0.1, 0.15) is 5.56 Å². The molecule has 3 aromatic rings. The molecule has 1 heterocycles. The van der Waals surface area contributed by atoms with E-state index in [1.807, 2.05) is 43.3 Å². The van der Waals surface area contributed by atoms with E-state index in [1.54, 1.807) is 0 Å². The lowest BCUT2D eigenvalue weighted by Gasteiger charge is -2.06. The van der Waals surface area contributed by atoms with E-state index in [0.717, 1.165) is 36.9 Å². The highest BCUT2D eigenvalue weighted by Gasteiger charge is 2.19. The fraction of sp³-hybridized carbons (Fsp3) is 0.0625. The third-order valence-corrected chi connectivity index (χ3v) is 4.39. The van der Waals surface area contributed by atoms with E-state index in [2.05, 4.69) is 43.1 Å². The summed E-state index contributed by atoms with van der Waals surface area (Å²) in [7, 11) is 0. The molecule has 3 rings (SSSR count). The zero-order valence-electron chi connectivity index (χ0n) is 11.2. The largest absolute Gasteiger partial charge is 0.367 e. The zero-order valence-corrected chi connectivity index (χ0v) is 14.4. The molecule has 0 atom stereocenters. The van der Waals surface area contributed by atoms with Crippen LogP contribution in [0.15, 0.2) is 55.9 Å². The van der Waals surface area contributed by atoms with Gasteiger partial charge in [-0.25, -0.2) is 0 Å². The van der Waals surface area contributed by atoms with Gasteiger partial charge in [0.05, 0.1) is 5.56 Å². The minimum absolute atomic E-state index is 0.316. The highest BCUT2D eigenvalue weighted by Crippen LogP contribution is 2.39. The first-order valence-corrected chi connectivity index (χ1v) is 7.92. The molecule has 2 N–H and O–H groups in total. The van der Waals surface area contributed by atoms with Crippen LogP contribution in [0.25, 0.3) is 22.4 Å². The summed E-state index contributed by atoms with van der Waals surface area (Å²) in [6.07, 6.45) is 0. The molecule has 0 aliphatic heterocycles. The van der Waals surface area contributed by atoms with Crippen LogP contribution >= 0.6 is 31.9 Å². The smallest absolute Gasteiger partial charge is 0.230 e. The highest BCUT2D eigenvalue weighted by atomic mass is 79.9. The van der Waals surface area contributed by atoms with E-state index in [0.29, 0.717) is 5.88 Å². The van der Waals surface area contributed by atoms with Gasteiger partial charge < -0.3 is 10.3 Å². The van der Waals surface area contributed by atoms with Gasteiger partial charge in [-0.1, -0.05) is 60.8 Å². The van der Waals surface area contributed by atoms with Gasteiger partial charge in [-0.2, -0.15) is 0 Å². The molecular formula is C16H12Br2N2O. The molecule has 21 heavy (non-hydrogen) atoms. The molecule has 0 bridgehead atoms. The number of halogens is 2. The van der Waals surface area contributed by atoms with Gasteiger partial charge in [0.2, 0.25) is 5.88 Å². The molecule has 0 aliphatic rings. The van der Waals surface area contributed by atoms with Crippen LogP contribution in [0.3, 0.4) is 0 Å². The second-order valence-corrected chi connectivity index (χ2v) is 6.53. The molecule has 0 fully saturated rings. The van der Waals surface area contributed by atoms with Crippen LogP contribution in [-0.4, -0.2) is 5.16 Å². The first-order chi connectivity index (χ1) is 10.1. The molecule has 0 saturated carbocycles. The highest BCUT2D eigenvalue weighted by molar-refractivity contribution is 9.10. The maximum atomic E-state index is 5.99. The summed E-state index contributed by atoms with van der Waals surface area (Å²) >= 11 is 7.04. The van der Waals surface area contributed by atoms with Crippen molar-refractivity contribution in [2.75, 3.05) is 5.73 Å². The van der Waals surface area contributed by atoms with Crippen molar-refractivity contribution in [3.63, 3.8) is 0 Å². The van der Waals surface area contributed by atoms with Gasteiger partial charge in [-0.15, -0.1) is 0 Å². The van der Waals surface area contributed by atoms with E-state index in [4.69, 9.17) is 10.3 Å². The minimum Gasteiger partial charge on any atom is -0.367 e. The van der Waals surface area contributed by atoms with Gasteiger partial charge in [0, 0.05) is 14.5 Å². The molecule has 1 aromatic heterocycles. The summed E-state index contributed by atoms with van der Waals surface area (Å²) in [6, 6.07) is 14.0. The van der Waals surface area contributed by atoms with Gasteiger partial charge in [-0.05, 0) is 36.8 Å². The van der Waals surface area contributed by atoms with Crippen molar-refractivity contribution in [2.45, 2.75) is 6.92 Å². The molecule has 0 spiro atoms. The van der Waals surface area contributed by atoms with Crippen molar-refractivity contribution in [2.24, 2.45) is 0 Å². The van der Waals surface area contributed by atoms with Crippen molar-refractivity contribution >= 4 is 37.7 Å². The van der Waals surface area contributed by atoms with E-state index < -0.39 is 0 Å². The topological polar surface area (TPSA) is 52.0 Å². The molecule has 0 aliphatic carbocycles. The van der Waals surface area contributed by atoms with E-state index >= 15 is 0 Å². The number of benzene rings is 2. The van der Waals surface area contributed by atoms with E-state index in [9.17, 15) is 0 Å². The predicted molar refractivity (Wildman–Crippen MR) is 91.9 cm³/mol. The van der Waals surface area contributed by atoms with Crippen LogP contribution in [0.4, 0.5) is 5.88 Å². The molecular weight excluding hydrogens is 396 g/mol. The van der Waals surface area contributed by atoms with Crippen LogP contribution in [0.2, 0.25) is 0 Å². The Bertz CT molecular complexity index is 812. The summed E-state index contributed by atoms with van der Waals surface area (Å²) in [5.41, 5.74) is 10.6. The average molecular weight is 408 g/mol. The van der Waals surface area contributed by atoms with Crippen molar-refractivity contribution in [1.29, 1.82) is 0 Å². The summed E-state index contributed by atoms with van der Waals surface area (Å²) in [4.78, 5) is 0. The number of aromatic nitrogens is 1. The fourth-order valence-electron chi connectivity index (χ4n) is 2.23. The molecule has 3 nitrogen and oxygen atoms in total. The second-order valence-electron chi connectivity index (χ2n) is 4.76. The number of anilines is 1. The number of aryl methyl sites for hydroxylation is 1. The number of nitrogens with zero attached hydrogens (tertiary/aromatic N) is 1. The number of nitrogen functional groups attached to an aromatic ring is 1. The van der Waals surface area contributed by atoms with Crippen molar-refractivity contribution < 1.29 is 4.52 Å². The normalized spacial score (nSPS) is 10.8. The summed E-state index contributed by atoms with van der Waals surface area (Å²) < 4.78 is 7.17. The number of hydrogen-bond donors (Lipinski definition) is 1. The van der Waals surface area contributed by atoms with Gasteiger partial charge in [-0.3, -0.25) is 0 Å². The first-order valence-electron chi connectivity index (χ1n) is 6.34. The molecule has 5 heteroatoms. The quantitative estimate of drug-likeness (QED) is 0.616. The summed E-state index contributed by atoms with van der Waals surface area (Å²) in [6.45, 7) is 2.04. The third-order valence-electron chi connectivity index (χ3n) is 3.21. The maximum Gasteiger partial charge on any atom is 0.230 e. The van der Waals surface area contributed by atoms with Crippen LogP contribution in [-0.2, 0) is 0 Å². The number of hydrogen-bond acceptors (Lipinski definition) is 3. The predicted octanol–water partition coefficient (Wildman–Crippen LogP) is 5.42. The lowest BCUT2D eigenvalue weighted by molar-refractivity contribution is 0.439. The Balaban J connectivity index is 2.24. The SMILES string of the molecule is Cc1ccc(Br)c(-c2noc(N)c2-c2cccc(Br)c2)c1. The average Bonchev–Trinajstić information content (AvgIpc) is 2.83.